The Kier molecular flexibility index (Phi) is 9.76. The van der Waals surface area contributed by atoms with E-state index in [9.17, 15) is 24.0 Å². The third kappa shape index (κ3) is 7.76. The molecule has 0 aromatic heterocycles. The fourth-order valence-electron chi connectivity index (χ4n) is 2.76. The molecule has 1 saturated heterocycles. The number of alkyl halides is 1. The molecule has 29 heavy (non-hydrogen) atoms. The second-order valence-corrected chi connectivity index (χ2v) is 6.98. The molecule has 0 radical (unpaired) electrons. The Morgan fingerprint density at radius 1 is 0.724 bits per heavy atom. The highest BCUT2D eigenvalue weighted by Crippen LogP contribution is 2.32. The van der Waals surface area contributed by atoms with Gasteiger partial charge < -0.3 is 28.4 Å². The smallest absolute Gasteiger partial charge is 0.305 e. The SMILES string of the molecule is CC(=O)O[C@H]1O[C@H]([C@H](CI)OC(C)=O)[C@@H](OC(C)=O)[C@H](OC(C)=O)[C@H]1OC(C)=O. The van der Waals surface area contributed by atoms with Crippen LogP contribution in [0.1, 0.15) is 34.6 Å². The van der Waals surface area contributed by atoms with Crippen LogP contribution in [0.25, 0.3) is 0 Å². The molecule has 0 unspecified atom stereocenters. The summed E-state index contributed by atoms with van der Waals surface area (Å²) in [6.45, 7) is 5.59. The zero-order valence-corrected chi connectivity index (χ0v) is 18.7. The fourth-order valence-corrected chi connectivity index (χ4v) is 3.44. The first-order valence-electron chi connectivity index (χ1n) is 8.53. The quantitative estimate of drug-likeness (QED) is 0.196. The van der Waals surface area contributed by atoms with Crippen LogP contribution in [-0.2, 0) is 52.4 Å². The van der Waals surface area contributed by atoms with E-state index in [0.29, 0.717) is 0 Å². The monoisotopic (exact) mass is 530 g/mol. The van der Waals surface area contributed by atoms with E-state index in [0.717, 1.165) is 27.7 Å². The van der Waals surface area contributed by atoms with Gasteiger partial charge in [0.2, 0.25) is 12.4 Å². The molecule has 0 aromatic rings. The van der Waals surface area contributed by atoms with Gasteiger partial charge in [0.25, 0.3) is 0 Å². The lowest BCUT2D eigenvalue weighted by molar-refractivity contribution is -0.306. The molecule has 1 heterocycles. The summed E-state index contributed by atoms with van der Waals surface area (Å²) < 4.78 is 31.9. The van der Waals surface area contributed by atoms with E-state index < -0.39 is 66.7 Å². The maximum atomic E-state index is 11.7. The molecule has 0 spiro atoms. The van der Waals surface area contributed by atoms with Gasteiger partial charge in [-0.1, -0.05) is 22.6 Å². The molecule has 0 amide bonds. The number of hydrogen-bond donors (Lipinski definition) is 0. The minimum Gasteiger partial charge on any atom is -0.459 e. The summed E-state index contributed by atoms with van der Waals surface area (Å²) in [5.41, 5.74) is 0. The van der Waals surface area contributed by atoms with Crippen LogP contribution in [0, 0.1) is 0 Å². The zero-order valence-electron chi connectivity index (χ0n) is 16.5. The first-order valence-corrected chi connectivity index (χ1v) is 10.1. The van der Waals surface area contributed by atoms with Crippen molar-refractivity contribution in [1.29, 1.82) is 0 Å². The summed E-state index contributed by atoms with van der Waals surface area (Å²) in [5.74, 6) is -3.70. The van der Waals surface area contributed by atoms with Crippen molar-refractivity contribution in [2.45, 2.75) is 71.4 Å². The highest BCUT2D eigenvalue weighted by Gasteiger charge is 2.55. The maximum Gasteiger partial charge on any atom is 0.305 e. The van der Waals surface area contributed by atoms with E-state index in [4.69, 9.17) is 28.4 Å². The highest BCUT2D eigenvalue weighted by atomic mass is 127. The predicted molar refractivity (Wildman–Crippen MR) is 102 cm³/mol. The molecule has 6 atom stereocenters. The Labute approximate surface area is 180 Å². The van der Waals surface area contributed by atoms with Crippen LogP contribution >= 0.6 is 22.6 Å². The Bertz CT molecular complexity index is 649. The second-order valence-electron chi connectivity index (χ2n) is 6.10. The highest BCUT2D eigenvalue weighted by molar-refractivity contribution is 14.1. The predicted octanol–water partition coefficient (Wildman–Crippen LogP) is 0.436. The normalized spacial score (nSPS) is 27.2. The van der Waals surface area contributed by atoms with E-state index in [2.05, 4.69) is 0 Å². The maximum absolute atomic E-state index is 11.7. The molecule has 164 valence electrons. The number of carbonyl (C=O) groups is 5. The number of rotatable bonds is 7. The van der Waals surface area contributed by atoms with Crippen molar-refractivity contribution in [3.8, 4) is 0 Å². The average Bonchev–Trinajstić information content (AvgIpc) is 2.56. The average molecular weight is 530 g/mol. The van der Waals surface area contributed by atoms with Crippen LogP contribution in [0.5, 0.6) is 0 Å². The van der Waals surface area contributed by atoms with E-state index in [-0.39, 0.29) is 4.43 Å². The third-order valence-electron chi connectivity index (χ3n) is 3.56. The summed E-state index contributed by atoms with van der Waals surface area (Å²) in [4.78, 5) is 58.0. The zero-order chi connectivity index (χ0) is 22.3. The van der Waals surface area contributed by atoms with Crippen molar-refractivity contribution < 1.29 is 52.4 Å². The number of ether oxygens (including phenoxy) is 6. The number of esters is 5. The summed E-state index contributed by atoms with van der Waals surface area (Å²) in [7, 11) is 0. The van der Waals surface area contributed by atoms with Crippen molar-refractivity contribution in [3.63, 3.8) is 0 Å². The van der Waals surface area contributed by atoms with Crippen molar-refractivity contribution in [2.75, 3.05) is 4.43 Å². The molecular weight excluding hydrogens is 507 g/mol. The molecule has 12 heteroatoms. The Balaban J connectivity index is 3.46. The Morgan fingerprint density at radius 2 is 1.17 bits per heavy atom. The van der Waals surface area contributed by atoms with E-state index in [1.165, 1.54) is 6.92 Å². The van der Waals surface area contributed by atoms with Gasteiger partial charge in [-0.15, -0.1) is 0 Å². The topological polar surface area (TPSA) is 141 Å². The lowest BCUT2D eigenvalue weighted by Gasteiger charge is -2.45. The van der Waals surface area contributed by atoms with Gasteiger partial charge in [0.05, 0.1) is 0 Å². The van der Waals surface area contributed by atoms with Gasteiger partial charge in [-0.2, -0.15) is 0 Å². The molecule has 0 saturated carbocycles. The van der Waals surface area contributed by atoms with Crippen molar-refractivity contribution in [2.24, 2.45) is 0 Å². The summed E-state index contributed by atoms with van der Waals surface area (Å²) in [6.07, 6.45) is -7.75. The lowest BCUT2D eigenvalue weighted by atomic mass is 9.94. The van der Waals surface area contributed by atoms with Crippen molar-refractivity contribution >= 4 is 52.4 Å². The van der Waals surface area contributed by atoms with Crippen LogP contribution in [0.2, 0.25) is 0 Å². The van der Waals surface area contributed by atoms with Crippen LogP contribution in [-0.4, -0.2) is 71.1 Å². The van der Waals surface area contributed by atoms with Crippen molar-refractivity contribution in [3.05, 3.63) is 0 Å². The van der Waals surface area contributed by atoms with Gasteiger partial charge in [-0.05, 0) is 0 Å². The molecule has 1 rings (SSSR count). The first kappa shape index (κ1) is 25.1. The van der Waals surface area contributed by atoms with Gasteiger partial charge in [-0.25, -0.2) is 0 Å². The molecule has 0 aliphatic carbocycles. The molecule has 0 aromatic carbocycles. The summed E-state index contributed by atoms with van der Waals surface area (Å²) in [5, 5.41) is 0. The molecule has 11 nitrogen and oxygen atoms in total. The van der Waals surface area contributed by atoms with Crippen LogP contribution in [0.3, 0.4) is 0 Å². The Hall–Kier alpha value is -1.96. The van der Waals surface area contributed by atoms with Gasteiger partial charge in [-0.3, -0.25) is 24.0 Å². The molecule has 0 N–H and O–H groups in total. The number of halogens is 1. The summed E-state index contributed by atoms with van der Waals surface area (Å²) >= 11 is 1.92. The lowest BCUT2D eigenvalue weighted by Crippen LogP contribution is -2.65. The molecule has 0 bridgehead atoms. The molecule has 1 aliphatic heterocycles. The van der Waals surface area contributed by atoms with Crippen LogP contribution < -0.4 is 0 Å². The number of carbonyl (C=O) groups excluding carboxylic acids is 5. The third-order valence-corrected chi connectivity index (χ3v) is 4.42. The van der Waals surface area contributed by atoms with E-state index >= 15 is 0 Å². The van der Waals surface area contributed by atoms with Gasteiger partial charge in [0, 0.05) is 39.0 Å². The van der Waals surface area contributed by atoms with Crippen molar-refractivity contribution in [1.82, 2.24) is 0 Å². The Morgan fingerprint density at radius 3 is 1.59 bits per heavy atom. The van der Waals surface area contributed by atoms with Gasteiger partial charge in [0.15, 0.2) is 12.2 Å². The minimum absolute atomic E-state index is 0.206. The van der Waals surface area contributed by atoms with E-state index in [1.807, 2.05) is 22.6 Å². The second kappa shape index (κ2) is 11.3. The standard InChI is InChI=1S/C17H23IO11/c1-7(19)24-12(6-18)13-14(25-8(2)20)15(26-9(3)21)16(27-10(4)22)17(29-13)28-11(5)23/h12-17H,6H2,1-5H3/t12-,13+,14+,15-,16+,17-/m0/s1. The minimum atomic E-state index is -1.50. The largest absolute Gasteiger partial charge is 0.459 e. The fraction of sp³-hybridized carbons (Fsp3) is 0.706. The van der Waals surface area contributed by atoms with Gasteiger partial charge >= 0.3 is 29.8 Å². The van der Waals surface area contributed by atoms with Crippen LogP contribution in [0.4, 0.5) is 0 Å². The van der Waals surface area contributed by atoms with Gasteiger partial charge in [0.1, 0.15) is 12.2 Å². The summed E-state index contributed by atoms with van der Waals surface area (Å²) in [6, 6.07) is 0. The van der Waals surface area contributed by atoms with Crippen LogP contribution in [0.15, 0.2) is 0 Å². The molecule has 1 fully saturated rings. The molecular formula is C17H23IO11. The number of hydrogen-bond acceptors (Lipinski definition) is 11. The van der Waals surface area contributed by atoms with E-state index in [1.54, 1.807) is 0 Å². The first-order chi connectivity index (χ1) is 13.5. The molecule has 1 aliphatic rings.